The summed E-state index contributed by atoms with van der Waals surface area (Å²) in [5, 5.41) is 3.56. The molecule has 3 unspecified atom stereocenters. The third-order valence-corrected chi connectivity index (χ3v) is 3.89. The lowest BCUT2D eigenvalue weighted by molar-refractivity contribution is 0.0819. The molecule has 4 heteroatoms. The lowest BCUT2D eigenvalue weighted by atomic mass is 10.1. The van der Waals surface area contributed by atoms with E-state index in [-0.39, 0.29) is 18.0 Å². The van der Waals surface area contributed by atoms with Crippen LogP contribution in [0.3, 0.4) is 0 Å². The van der Waals surface area contributed by atoms with Gasteiger partial charge in [-0.1, -0.05) is 6.07 Å². The molecular formula is C15H22FNO2. The lowest BCUT2D eigenvalue weighted by Gasteiger charge is -2.24. The average molecular weight is 267 g/mol. The predicted molar refractivity (Wildman–Crippen MR) is 72.9 cm³/mol. The Morgan fingerprint density at radius 3 is 2.79 bits per heavy atom. The molecule has 0 spiro atoms. The first kappa shape index (κ1) is 14.3. The van der Waals surface area contributed by atoms with E-state index in [1.807, 2.05) is 0 Å². The van der Waals surface area contributed by atoms with Crippen molar-refractivity contribution in [2.75, 3.05) is 14.2 Å². The fourth-order valence-corrected chi connectivity index (χ4v) is 2.76. The van der Waals surface area contributed by atoms with Crippen molar-refractivity contribution in [1.29, 1.82) is 0 Å². The van der Waals surface area contributed by atoms with Gasteiger partial charge in [0.1, 0.15) is 0 Å². The van der Waals surface area contributed by atoms with Crippen LogP contribution in [0.5, 0.6) is 5.75 Å². The summed E-state index contributed by atoms with van der Waals surface area (Å²) >= 11 is 0. The summed E-state index contributed by atoms with van der Waals surface area (Å²) in [6.07, 6.45) is 3.70. The zero-order chi connectivity index (χ0) is 13.8. The van der Waals surface area contributed by atoms with Gasteiger partial charge in [-0.05, 0) is 43.9 Å². The highest BCUT2D eigenvalue weighted by atomic mass is 19.1. The molecule has 3 nitrogen and oxygen atoms in total. The molecule has 2 rings (SSSR count). The van der Waals surface area contributed by atoms with E-state index in [1.165, 1.54) is 19.6 Å². The number of methoxy groups -OCH3 is 2. The van der Waals surface area contributed by atoms with Gasteiger partial charge in [-0.15, -0.1) is 0 Å². The van der Waals surface area contributed by atoms with Crippen molar-refractivity contribution in [1.82, 2.24) is 5.32 Å². The van der Waals surface area contributed by atoms with E-state index in [1.54, 1.807) is 19.2 Å². The molecule has 0 amide bonds. The highest BCUT2D eigenvalue weighted by molar-refractivity contribution is 5.32. The van der Waals surface area contributed by atoms with E-state index in [4.69, 9.17) is 9.47 Å². The van der Waals surface area contributed by atoms with Crippen molar-refractivity contribution in [3.05, 3.63) is 29.6 Å². The molecule has 106 valence electrons. The fourth-order valence-electron chi connectivity index (χ4n) is 2.76. The zero-order valence-corrected chi connectivity index (χ0v) is 11.8. The Balaban J connectivity index is 2.05. The number of halogens is 1. The maximum atomic E-state index is 13.4. The molecule has 3 atom stereocenters. The van der Waals surface area contributed by atoms with Crippen LogP contribution in [0.1, 0.15) is 37.8 Å². The van der Waals surface area contributed by atoms with Gasteiger partial charge in [0.15, 0.2) is 11.6 Å². The number of benzene rings is 1. The van der Waals surface area contributed by atoms with Crippen molar-refractivity contribution in [2.45, 2.75) is 44.4 Å². The third-order valence-electron chi connectivity index (χ3n) is 3.89. The first-order valence-corrected chi connectivity index (χ1v) is 6.78. The van der Waals surface area contributed by atoms with Crippen molar-refractivity contribution >= 4 is 0 Å². The Bertz CT molecular complexity index is 425. The SMILES string of the molecule is COc1cc(C(C)NC2CCCC2OC)ccc1F. The van der Waals surface area contributed by atoms with Crippen LogP contribution in [-0.2, 0) is 4.74 Å². The number of ether oxygens (including phenoxy) is 2. The van der Waals surface area contributed by atoms with Gasteiger partial charge >= 0.3 is 0 Å². The van der Waals surface area contributed by atoms with E-state index in [0.29, 0.717) is 11.8 Å². The smallest absolute Gasteiger partial charge is 0.165 e. The molecular weight excluding hydrogens is 245 g/mol. The standard InChI is InChI=1S/C15H22FNO2/c1-10(17-13-5-4-6-14(13)18-2)11-7-8-12(16)15(9-11)19-3/h7-10,13-14,17H,4-6H2,1-3H3. The summed E-state index contributed by atoms with van der Waals surface area (Å²) in [6, 6.07) is 5.52. The molecule has 0 saturated heterocycles. The highest BCUT2D eigenvalue weighted by Crippen LogP contribution is 2.26. The lowest BCUT2D eigenvalue weighted by Crippen LogP contribution is -2.38. The van der Waals surface area contributed by atoms with Crippen LogP contribution in [0.4, 0.5) is 4.39 Å². The van der Waals surface area contributed by atoms with Crippen molar-refractivity contribution in [3.8, 4) is 5.75 Å². The molecule has 1 aromatic rings. The third kappa shape index (κ3) is 3.25. The van der Waals surface area contributed by atoms with Crippen LogP contribution in [0.2, 0.25) is 0 Å². The van der Waals surface area contributed by atoms with Crippen LogP contribution in [-0.4, -0.2) is 26.4 Å². The Kier molecular flexibility index (Phi) is 4.77. The van der Waals surface area contributed by atoms with Gasteiger partial charge in [0.2, 0.25) is 0 Å². The molecule has 19 heavy (non-hydrogen) atoms. The maximum Gasteiger partial charge on any atom is 0.165 e. The largest absolute Gasteiger partial charge is 0.494 e. The molecule has 1 N–H and O–H groups in total. The Labute approximate surface area is 114 Å². The van der Waals surface area contributed by atoms with E-state index in [0.717, 1.165) is 18.4 Å². The second-order valence-electron chi connectivity index (χ2n) is 5.09. The van der Waals surface area contributed by atoms with E-state index >= 15 is 0 Å². The molecule has 0 heterocycles. The number of hydrogen-bond donors (Lipinski definition) is 1. The number of rotatable bonds is 5. The van der Waals surface area contributed by atoms with Gasteiger partial charge in [-0.25, -0.2) is 4.39 Å². The molecule has 0 radical (unpaired) electrons. The minimum absolute atomic E-state index is 0.148. The predicted octanol–water partition coefficient (Wildman–Crippen LogP) is 3.05. The molecule has 1 aliphatic carbocycles. The molecule has 1 aliphatic rings. The number of nitrogens with one attached hydrogen (secondary N) is 1. The first-order chi connectivity index (χ1) is 9.15. The maximum absolute atomic E-state index is 13.4. The minimum atomic E-state index is -0.325. The average Bonchev–Trinajstić information content (AvgIpc) is 2.86. The fraction of sp³-hybridized carbons (Fsp3) is 0.600. The Morgan fingerprint density at radius 1 is 1.32 bits per heavy atom. The van der Waals surface area contributed by atoms with Crippen molar-refractivity contribution < 1.29 is 13.9 Å². The molecule has 1 saturated carbocycles. The van der Waals surface area contributed by atoms with Crippen LogP contribution in [0, 0.1) is 5.82 Å². The second-order valence-corrected chi connectivity index (χ2v) is 5.09. The summed E-state index contributed by atoms with van der Waals surface area (Å²) in [6.45, 7) is 2.08. The van der Waals surface area contributed by atoms with Gasteiger partial charge in [-0.2, -0.15) is 0 Å². The molecule has 0 aromatic heterocycles. The van der Waals surface area contributed by atoms with Gasteiger partial charge < -0.3 is 14.8 Å². The normalized spacial score (nSPS) is 24.4. The summed E-state index contributed by atoms with van der Waals surface area (Å²) in [4.78, 5) is 0. The van der Waals surface area contributed by atoms with Crippen molar-refractivity contribution in [3.63, 3.8) is 0 Å². The van der Waals surface area contributed by atoms with E-state index in [9.17, 15) is 4.39 Å². The van der Waals surface area contributed by atoms with E-state index < -0.39 is 0 Å². The second kappa shape index (κ2) is 6.35. The van der Waals surface area contributed by atoms with Crippen LogP contribution < -0.4 is 10.1 Å². The van der Waals surface area contributed by atoms with Gasteiger partial charge in [-0.3, -0.25) is 0 Å². The van der Waals surface area contributed by atoms with Crippen LogP contribution in [0.25, 0.3) is 0 Å². The minimum Gasteiger partial charge on any atom is -0.494 e. The quantitative estimate of drug-likeness (QED) is 0.889. The summed E-state index contributed by atoms with van der Waals surface area (Å²) in [7, 11) is 3.24. The Hall–Kier alpha value is -1.13. The monoisotopic (exact) mass is 267 g/mol. The van der Waals surface area contributed by atoms with Crippen LogP contribution in [0.15, 0.2) is 18.2 Å². The summed E-state index contributed by atoms with van der Waals surface area (Å²) in [5.41, 5.74) is 1.03. The molecule has 0 bridgehead atoms. The summed E-state index contributed by atoms with van der Waals surface area (Å²) in [5.74, 6) is -0.0325. The van der Waals surface area contributed by atoms with E-state index in [2.05, 4.69) is 12.2 Å². The topological polar surface area (TPSA) is 30.5 Å². The molecule has 1 fully saturated rings. The summed E-state index contributed by atoms with van der Waals surface area (Å²) < 4.78 is 23.9. The number of hydrogen-bond acceptors (Lipinski definition) is 3. The molecule has 1 aromatic carbocycles. The van der Waals surface area contributed by atoms with Crippen molar-refractivity contribution in [2.24, 2.45) is 0 Å². The molecule has 0 aliphatic heterocycles. The highest BCUT2D eigenvalue weighted by Gasteiger charge is 2.28. The first-order valence-electron chi connectivity index (χ1n) is 6.78. The van der Waals surface area contributed by atoms with Gasteiger partial charge in [0, 0.05) is 19.2 Å². The zero-order valence-electron chi connectivity index (χ0n) is 11.8. The van der Waals surface area contributed by atoms with Crippen LogP contribution >= 0.6 is 0 Å². The van der Waals surface area contributed by atoms with Gasteiger partial charge in [0.25, 0.3) is 0 Å². The van der Waals surface area contributed by atoms with Gasteiger partial charge in [0.05, 0.1) is 13.2 Å². The Morgan fingerprint density at radius 2 is 2.11 bits per heavy atom.